The maximum Gasteiger partial charge on any atom is 0.248 e. The summed E-state index contributed by atoms with van der Waals surface area (Å²) in [6.07, 6.45) is -2.15. The van der Waals surface area contributed by atoms with E-state index in [-0.39, 0.29) is 25.3 Å². The van der Waals surface area contributed by atoms with Crippen LogP contribution in [0, 0.1) is 11.8 Å². The summed E-state index contributed by atoms with van der Waals surface area (Å²) < 4.78 is 0. The molecule has 3 bridgehead atoms. The van der Waals surface area contributed by atoms with Crippen LogP contribution in [0.2, 0.25) is 0 Å². The third kappa shape index (κ3) is 6.77. The van der Waals surface area contributed by atoms with Crippen LogP contribution in [0.4, 0.5) is 0 Å². The first-order chi connectivity index (χ1) is 22.1. The predicted molar refractivity (Wildman–Crippen MR) is 159 cm³/mol. The van der Waals surface area contributed by atoms with Gasteiger partial charge in [0.25, 0.3) is 0 Å². The molecule has 4 heterocycles. The Morgan fingerprint density at radius 2 is 1.51 bits per heavy atom. The van der Waals surface area contributed by atoms with Gasteiger partial charge in [-0.1, -0.05) is 27.7 Å². The van der Waals surface area contributed by atoms with E-state index in [9.17, 15) is 54.0 Å². The van der Waals surface area contributed by atoms with Crippen LogP contribution < -0.4 is 21.3 Å². The number of piperazine rings is 1. The Morgan fingerprint density at radius 3 is 2.11 bits per heavy atom. The Morgan fingerprint density at radius 1 is 0.851 bits per heavy atom. The van der Waals surface area contributed by atoms with E-state index in [0.29, 0.717) is 6.42 Å². The minimum Gasteiger partial charge on any atom is -0.394 e. The number of amides is 7. The summed E-state index contributed by atoms with van der Waals surface area (Å²) in [6.45, 7) is 4.36. The van der Waals surface area contributed by atoms with Gasteiger partial charge in [-0.2, -0.15) is 0 Å². The highest BCUT2D eigenvalue weighted by molar-refractivity contribution is 6.00. The van der Waals surface area contributed by atoms with Crippen LogP contribution in [-0.2, 0) is 33.6 Å². The lowest BCUT2D eigenvalue weighted by atomic mass is 9.90. The fraction of sp³-hybridized carbons (Fsp3) is 0.759. The third-order valence-electron chi connectivity index (χ3n) is 9.09. The molecule has 4 rings (SSSR count). The smallest absolute Gasteiger partial charge is 0.248 e. The molecule has 0 aromatic heterocycles. The van der Waals surface area contributed by atoms with Gasteiger partial charge >= 0.3 is 0 Å². The molecular weight excluding hydrogens is 622 g/mol. The van der Waals surface area contributed by atoms with Crippen molar-refractivity contribution < 1.29 is 54.0 Å². The van der Waals surface area contributed by atoms with E-state index >= 15 is 0 Å². The number of nitrogens with zero attached hydrogens (tertiary/aromatic N) is 3. The number of carbonyl (C=O) groups excluding carboxylic acids is 7. The average molecular weight is 668 g/mol. The van der Waals surface area contributed by atoms with E-state index in [4.69, 9.17) is 0 Å². The maximum atomic E-state index is 14.0. The predicted octanol–water partition coefficient (Wildman–Crippen LogP) is -4.93. The largest absolute Gasteiger partial charge is 0.394 e. The molecule has 0 aromatic rings. The molecule has 8 N–H and O–H groups in total. The summed E-state index contributed by atoms with van der Waals surface area (Å²) in [4.78, 5) is 96.7. The molecule has 47 heavy (non-hydrogen) atoms. The van der Waals surface area contributed by atoms with Gasteiger partial charge in [-0.05, 0) is 31.1 Å². The first-order valence-corrected chi connectivity index (χ1v) is 15.8. The van der Waals surface area contributed by atoms with Crippen LogP contribution in [-0.4, -0.2) is 151 Å². The fourth-order valence-corrected chi connectivity index (χ4v) is 6.87. The van der Waals surface area contributed by atoms with Crippen molar-refractivity contribution in [3.63, 3.8) is 0 Å². The Balaban J connectivity index is 1.77. The normalized spacial score (nSPS) is 34.5. The number of aliphatic hydroxyl groups is 4. The monoisotopic (exact) mass is 667 g/mol. The van der Waals surface area contributed by atoms with E-state index in [1.165, 1.54) is 0 Å². The Labute approximate surface area is 271 Å². The Kier molecular flexibility index (Phi) is 10.8. The molecule has 262 valence electrons. The average Bonchev–Trinajstić information content (AvgIpc) is 3.59. The lowest BCUT2D eigenvalue weighted by Crippen LogP contribution is -2.75. The van der Waals surface area contributed by atoms with Gasteiger partial charge in [-0.15, -0.1) is 0 Å². The van der Waals surface area contributed by atoms with Crippen molar-refractivity contribution in [1.29, 1.82) is 0 Å². The van der Waals surface area contributed by atoms with Crippen LogP contribution in [0.25, 0.3) is 0 Å². The van der Waals surface area contributed by atoms with Gasteiger partial charge in [0.05, 0.1) is 19.8 Å². The number of carbonyl (C=O) groups is 7. The minimum atomic E-state index is -2.45. The quantitative estimate of drug-likeness (QED) is 0.138. The molecule has 8 atom stereocenters. The van der Waals surface area contributed by atoms with E-state index in [2.05, 4.69) is 21.3 Å². The van der Waals surface area contributed by atoms with Gasteiger partial charge in [0.1, 0.15) is 36.3 Å². The molecule has 4 aliphatic rings. The molecule has 0 radical (unpaired) electrons. The second-order valence-electron chi connectivity index (χ2n) is 13.3. The summed E-state index contributed by atoms with van der Waals surface area (Å²) in [5, 5.41) is 52.9. The second-order valence-corrected chi connectivity index (χ2v) is 13.3. The molecule has 0 saturated carbocycles. The SMILES string of the molecule is CC(C)CC1C(=O)N2C(C(C)C)C(=O)NCC(=O)NC(CO)C(=O)N3CCCC3C(=O)NC(CO)C(=O)NC3CC(O)(C2O)N1C3=O. The first-order valence-electron chi connectivity index (χ1n) is 15.8. The summed E-state index contributed by atoms with van der Waals surface area (Å²) in [5.74, 6) is -6.97. The molecule has 0 aromatic carbocycles. The molecule has 0 aliphatic carbocycles. The maximum absolute atomic E-state index is 14.0. The summed E-state index contributed by atoms with van der Waals surface area (Å²) in [5.41, 5.74) is -2.45. The molecule has 18 heteroatoms. The van der Waals surface area contributed by atoms with E-state index in [1.54, 1.807) is 27.7 Å². The molecule has 4 saturated heterocycles. The highest BCUT2D eigenvalue weighted by Gasteiger charge is 2.65. The molecule has 4 fully saturated rings. The number of nitrogens with one attached hydrogen (secondary N) is 4. The zero-order valence-electron chi connectivity index (χ0n) is 26.8. The summed E-state index contributed by atoms with van der Waals surface area (Å²) in [6, 6.07) is -8.47. The van der Waals surface area contributed by atoms with Crippen molar-refractivity contribution in [2.24, 2.45) is 11.8 Å². The van der Waals surface area contributed by atoms with Crippen molar-refractivity contribution in [3.05, 3.63) is 0 Å². The van der Waals surface area contributed by atoms with Gasteiger partial charge in [-0.3, -0.25) is 43.4 Å². The number of fused-ring (bicyclic) bond motifs is 3. The van der Waals surface area contributed by atoms with Crippen molar-refractivity contribution >= 4 is 41.4 Å². The van der Waals surface area contributed by atoms with E-state index in [1.807, 2.05) is 0 Å². The zero-order valence-corrected chi connectivity index (χ0v) is 26.8. The van der Waals surface area contributed by atoms with Gasteiger partial charge in [0.15, 0.2) is 12.0 Å². The van der Waals surface area contributed by atoms with Crippen molar-refractivity contribution in [2.45, 2.75) is 102 Å². The molecule has 4 aliphatic heterocycles. The van der Waals surface area contributed by atoms with Crippen LogP contribution in [0.1, 0.15) is 53.4 Å². The van der Waals surface area contributed by atoms with Crippen LogP contribution in [0.15, 0.2) is 0 Å². The topological polar surface area (TPSA) is 258 Å². The van der Waals surface area contributed by atoms with Crippen molar-refractivity contribution in [2.75, 3.05) is 26.3 Å². The van der Waals surface area contributed by atoms with Gasteiger partial charge in [0, 0.05) is 13.0 Å². The highest BCUT2D eigenvalue weighted by atomic mass is 16.4. The van der Waals surface area contributed by atoms with Gasteiger partial charge < -0.3 is 46.6 Å². The molecule has 8 unspecified atom stereocenters. The van der Waals surface area contributed by atoms with Gasteiger partial charge in [-0.25, -0.2) is 0 Å². The highest BCUT2D eigenvalue weighted by Crippen LogP contribution is 2.42. The lowest BCUT2D eigenvalue weighted by molar-refractivity contribution is -0.251. The zero-order chi connectivity index (χ0) is 35.0. The van der Waals surface area contributed by atoms with Crippen LogP contribution >= 0.6 is 0 Å². The standard InChI is InChI=1S/C29H45N7O11/c1-13(2)8-19-27(45)35-21(14(3)4)24(42)30-10-20(39)31-17(12-38)25(43)34-7-5-6-18(34)23(41)33-16(11-37)22(40)32-15-9-29(47,28(35)46)36(19)26(15)44/h13-19,21,28,37-38,46-47H,5-12H2,1-4H3,(H,30,42)(H,31,39)(H,32,40)(H,33,41). The number of hydrogen-bond donors (Lipinski definition) is 8. The fourth-order valence-electron chi connectivity index (χ4n) is 6.87. The van der Waals surface area contributed by atoms with E-state index < -0.39 is 122 Å². The minimum absolute atomic E-state index is 0.0232. The van der Waals surface area contributed by atoms with Crippen LogP contribution in [0.5, 0.6) is 0 Å². The first kappa shape index (κ1) is 36.0. The van der Waals surface area contributed by atoms with Gasteiger partial charge in [0.2, 0.25) is 41.4 Å². The number of hydrogen-bond acceptors (Lipinski definition) is 11. The molecular formula is C29H45N7O11. The molecule has 7 amide bonds. The second kappa shape index (κ2) is 14.1. The molecule has 18 nitrogen and oxygen atoms in total. The Hall–Kier alpha value is -3.87. The lowest BCUT2D eigenvalue weighted by Gasteiger charge is -2.53. The van der Waals surface area contributed by atoms with Crippen molar-refractivity contribution in [3.8, 4) is 0 Å². The Bertz CT molecular complexity index is 1290. The number of rotatable bonds is 5. The van der Waals surface area contributed by atoms with Crippen LogP contribution in [0.3, 0.4) is 0 Å². The van der Waals surface area contributed by atoms with E-state index in [0.717, 1.165) is 14.7 Å². The van der Waals surface area contributed by atoms with Crippen molar-refractivity contribution in [1.82, 2.24) is 36.0 Å². The summed E-state index contributed by atoms with van der Waals surface area (Å²) >= 11 is 0. The third-order valence-corrected chi connectivity index (χ3v) is 9.09. The summed E-state index contributed by atoms with van der Waals surface area (Å²) in [7, 11) is 0. The molecule has 0 spiro atoms. The number of aliphatic hydroxyl groups excluding tert-OH is 3.